The number of hydrogen-bond acceptors (Lipinski definition) is 5. The second-order valence-electron chi connectivity index (χ2n) is 8.43. The Hall–Kier alpha value is -3.38. The fraction of sp³-hybridized carbons (Fsp3) is 0.333. The average molecular weight is 445 g/mol. The molecular weight excluding hydrogens is 416 g/mol. The highest BCUT2D eigenvalue weighted by atomic mass is 16.5. The Labute approximate surface area is 193 Å². The van der Waals surface area contributed by atoms with Gasteiger partial charge in [0.15, 0.2) is 11.5 Å². The number of nitrogens with zero attached hydrogens (tertiary/aromatic N) is 2. The number of ether oxygens (including phenoxy) is 3. The summed E-state index contributed by atoms with van der Waals surface area (Å²) in [7, 11) is 4.99. The Balaban J connectivity index is 1.64. The average Bonchev–Trinajstić information content (AvgIpc) is 3.26. The molecule has 2 atom stereocenters. The number of allylic oxidation sites excluding steroid dienone is 4. The van der Waals surface area contributed by atoms with Crippen molar-refractivity contribution in [2.45, 2.75) is 25.4 Å². The largest absolute Gasteiger partial charge is 0.493 e. The lowest BCUT2D eigenvalue weighted by Gasteiger charge is -2.32. The van der Waals surface area contributed by atoms with Crippen LogP contribution < -0.4 is 20.2 Å². The van der Waals surface area contributed by atoms with Crippen LogP contribution in [0.5, 0.6) is 11.5 Å². The van der Waals surface area contributed by atoms with Crippen molar-refractivity contribution in [3.63, 3.8) is 0 Å². The lowest BCUT2D eigenvalue weighted by atomic mass is 9.78. The predicted molar refractivity (Wildman–Crippen MR) is 127 cm³/mol. The lowest BCUT2D eigenvalue weighted by Crippen LogP contribution is -2.37. The van der Waals surface area contributed by atoms with E-state index in [1.54, 1.807) is 25.9 Å². The molecule has 2 aliphatic carbocycles. The van der Waals surface area contributed by atoms with Crippen molar-refractivity contribution in [1.82, 2.24) is 4.57 Å². The fourth-order valence-electron chi connectivity index (χ4n) is 5.04. The van der Waals surface area contributed by atoms with Gasteiger partial charge in [0.2, 0.25) is 0 Å². The Morgan fingerprint density at radius 3 is 2.67 bits per heavy atom. The topological polar surface area (TPSA) is 62.0 Å². The highest BCUT2D eigenvalue weighted by Gasteiger charge is 2.31. The van der Waals surface area contributed by atoms with Gasteiger partial charge in [-0.25, -0.2) is 0 Å². The zero-order valence-corrected chi connectivity index (χ0v) is 19.2. The molecule has 0 N–H and O–H groups in total. The number of aromatic nitrogens is 1. The van der Waals surface area contributed by atoms with Gasteiger partial charge < -0.3 is 14.2 Å². The van der Waals surface area contributed by atoms with Crippen molar-refractivity contribution in [2.75, 3.05) is 27.9 Å². The summed E-state index contributed by atoms with van der Waals surface area (Å²) >= 11 is 0. The molecule has 0 amide bonds. The van der Waals surface area contributed by atoms with Gasteiger partial charge in [0.25, 0.3) is 5.91 Å². The van der Waals surface area contributed by atoms with Crippen molar-refractivity contribution in [1.29, 1.82) is 0 Å². The molecule has 6 heteroatoms. The standard InChI is InChI=1S/C27H28N2O4/c1-31-23-11-5-7-18-19(23)8-4-9-21(18)27(30)29-16-22(20-10-6-14-28-26(20)29)17-12-13-24(32-2)25(15-17)33-3/h4-5,7,9-10,12-13,15-16,19,23H,6,8,11,14H2,1-3H3. The minimum Gasteiger partial charge on any atom is -0.493 e. The molecule has 0 radical (unpaired) electrons. The van der Waals surface area contributed by atoms with E-state index in [0.717, 1.165) is 41.2 Å². The maximum Gasteiger partial charge on any atom is 0.263 e. The minimum absolute atomic E-state index is 0.0608. The monoisotopic (exact) mass is 444 g/mol. The molecule has 0 saturated heterocycles. The molecule has 0 saturated carbocycles. The number of hydrogen-bond donors (Lipinski definition) is 0. The quantitative estimate of drug-likeness (QED) is 0.709. The summed E-state index contributed by atoms with van der Waals surface area (Å²) in [4.78, 5) is 18.6. The molecule has 3 aliphatic rings. The number of carbonyl (C=O) groups is 1. The Morgan fingerprint density at radius 1 is 1.06 bits per heavy atom. The van der Waals surface area contributed by atoms with Gasteiger partial charge in [0.1, 0.15) is 5.49 Å². The number of benzene rings is 1. The number of methoxy groups -OCH3 is 3. The molecule has 1 aromatic carbocycles. The summed E-state index contributed by atoms with van der Waals surface area (Å²) in [5.74, 6) is 1.46. The summed E-state index contributed by atoms with van der Waals surface area (Å²) in [5.41, 5.74) is 4.38. The fourth-order valence-corrected chi connectivity index (χ4v) is 5.04. The van der Waals surface area contributed by atoms with Crippen molar-refractivity contribution in [3.8, 4) is 22.6 Å². The highest BCUT2D eigenvalue weighted by Crippen LogP contribution is 2.36. The van der Waals surface area contributed by atoms with Crippen molar-refractivity contribution in [2.24, 2.45) is 10.9 Å². The predicted octanol–water partition coefficient (Wildman–Crippen LogP) is 3.46. The first kappa shape index (κ1) is 21.5. The molecule has 2 heterocycles. The van der Waals surface area contributed by atoms with E-state index in [9.17, 15) is 4.79 Å². The molecule has 170 valence electrons. The molecular formula is C27H28N2O4. The van der Waals surface area contributed by atoms with Crippen molar-refractivity contribution >= 4 is 12.0 Å². The van der Waals surface area contributed by atoms with E-state index in [-0.39, 0.29) is 17.9 Å². The van der Waals surface area contributed by atoms with Crippen LogP contribution in [0.25, 0.3) is 17.2 Å². The van der Waals surface area contributed by atoms with Gasteiger partial charge in [0, 0.05) is 42.1 Å². The van der Waals surface area contributed by atoms with E-state index in [1.165, 1.54) is 0 Å². The maximum absolute atomic E-state index is 13.9. The van der Waals surface area contributed by atoms with E-state index in [1.807, 2.05) is 30.5 Å². The van der Waals surface area contributed by atoms with Gasteiger partial charge in [-0.1, -0.05) is 36.4 Å². The van der Waals surface area contributed by atoms with Crippen molar-refractivity contribution in [3.05, 3.63) is 70.6 Å². The van der Waals surface area contributed by atoms with Gasteiger partial charge in [-0.05, 0) is 42.5 Å². The van der Waals surface area contributed by atoms with Crippen LogP contribution in [0, 0.1) is 5.92 Å². The van der Waals surface area contributed by atoms with Gasteiger partial charge in [0.05, 0.1) is 20.3 Å². The molecule has 2 aromatic rings. The second-order valence-corrected chi connectivity index (χ2v) is 8.43. The smallest absolute Gasteiger partial charge is 0.263 e. The molecule has 0 spiro atoms. The van der Waals surface area contributed by atoms with Gasteiger partial charge in [-0.3, -0.25) is 14.4 Å². The summed E-state index contributed by atoms with van der Waals surface area (Å²) < 4.78 is 18.3. The molecule has 33 heavy (non-hydrogen) atoms. The zero-order chi connectivity index (χ0) is 22.9. The van der Waals surface area contributed by atoms with Gasteiger partial charge in [-0.2, -0.15) is 0 Å². The van der Waals surface area contributed by atoms with Gasteiger partial charge >= 0.3 is 0 Å². The van der Waals surface area contributed by atoms with Crippen LogP contribution in [0.2, 0.25) is 0 Å². The molecule has 1 aliphatic heterocycles. The number of fused-ring (bicyclic) bond motifs is 2. The highest BCUT2D eigenvalue weighted by molar-refractivity contribution is 6.00. The molecule has 1 aromatic heterocycles. The maximum atomic E-state index is 13.9. The van der Waals surface area contributed by atoms with E-state index in [4.69, 9.17) is 19.2 Å². The summed E-state index contributed by atoms with van der Waals surface area (Å²) in [6.45, 7) is 0.672. The summed E-state index contributed by atoms with van der Waals surface area (Å²) in [5, 5.41) is 0.984. The Kier molecular flexibility index (Phi) is 5.77. The first-order chi connectivity index (χ1) is 16.2. The van der Waals surface area contributed by atoms with Crippen LogP contribution in [-0.2, 0) is 4.74 Å². The van der Waals surface area contributed by atoms with E-state index >= 15 is 0 Å². The normalized spacial score (nSPS) is 21.1. The van der Waals surface area contributed by atoms with Crippen LogP contribution in [-0.4, -0.2) is 44.5 Å². The third kappa shape index (κ3) is 3.64. The second kappa shape index (κ2) is 8.87. The first-order valence-corrected chi connectivity index (χ1v) is 11.3. The van der Waals surface area contributed by atoms with Gasteiger partial charge in [-0.15, -0.1) is 0 Å². The first-order valence-electron chi connectivity index (χ1n) is 11.3. The van der Waals surface area contributed by atoms with E-state index in [0.29, 0.717) is 29.1 Å². The summed E-state index contributed by atoms with van der Waals surface area (Å²) in [6, 6.07) is 5.81. The van der Waals surface area contributed by atoms with E-state index in [2.05, 4.69) is 24.3 Å². The van der Waals surface area contributed by atoms with Crippen LogP contribution in [0.4, 0.5) is 0 Å². The third-order valence-corrected chi connectivity index (χ3v) is 6.70. The van der Waals surface area contributed by atoms with Crippen LogP contribution in [0.3, 0.4) is 0 Å². The van der Waals surface area contributed by atoms with Crippen LogP contribution >= 0.6 is 0 Å². The molecule has 2 unspecified atom stereocenters. The number of rotatable bonds is 5. The number of carbonyl (C=O) groups excluding carboxylic acids is 1. The molecule has 0 fully saturated rings. The third-order valence-electron chi connectivity index (χ3n) is 6.70. The molecule has 0 bridgehead atoms. The molecule has 6 nitrogen and oxygen atoms in total. The van der Waals surface area contributed by atoms with Crippen LogP contribution in [0.1, 0.15) is 24.1 Å². The van der Waals surface area contributed by atoms with Crippen molar-refractivity contribution < 1.29 is 19.0 Å². The lowest BCUT2D eigenvalue weighted by molar-refractivity contribution is 0.0652. The Bertz CT molecular complexity index is 1310. The van der Waals surface area contributed by atoms with E-state index < -0.39 is 0 Å². The zero-order valence-electron chi connectivity index (χ0n) is 19.2. The SMILES string of the molecule is COc1ccc(-c2cn(C(=O)C3=C4C=CCC(OC)C4CC=C3)c3c2=CCCN=3)cc1OC. The summed E-state index contributed by atoms with van der Waals surface area (Å²) in [6.07, 6.45) is 15.0. The van der Waals surface area contributed by atoms with Crippen LogP contribution in [0.15, 0.2) is 64.8 Å². The molecule has 5 rings (SSSR count). The minimum atomic E-state index is -0.0608. The Morgan fingerprint density at radius 2 is 1.88 bits per heavy atom.